The van der Waals surface area contributed by atoms with Crippen LogP contribution < -0.4 is 9.47 Å². The second-order valence-electron chi connectivity index (χ2n) is 6.70. The summed E-state index contributed by atoms with van der Waals surface area (Å²) in [6.45, 7) is 2.00. The van der Waals surface area contributed by atoms with Crippen molar-refractivity contribution in [1.29, 1.82) is 0 Å². The predicted molar refractivity (Wildman–Crippen MR) is 114 cm³/mol. The Balaban J connectivity index is 2.04. The highest BCUT2D eigenvalue weighted by Gasteiger charge is 2.16. The number of hydrogen-bond donors (Lipinski definition) is 1. The summed E-state index contributed by atoms with van der Waals surface area (Å²) < 4.78 is 11.2. The summed E-state index contributed by atoms with van der Waals surface area (Å²) in [6.07, 6.45) is 1.07. The minimum Gasteiger partial charge on any atom is -0.508 e. The summed E-state index contributed by atoms with van der Waals surface area (Å²) in [5, 5.41) is 11.5. The summed E-state index contributed by atoms with van der Waals surface area (Å²) in [5.41, 5.74) is 4.69. The molecule has 1 N–H and O–H groups in total. The van der Waals surface area contributed by atoms with Crippen molar-refractivity contribution in [2.75, 3.05) is 14.2 Å². The van der Waals surface area contributed by atoms with Gasteiger partial charge in [-0.3, -0.25) is 0 Å². The van der Waals surface area contributed by atoms with Crippen LogP contribution in [0.15, 0.2) is 48.5 Å². The van der Waals surface area contributed by atoms with Crippen molar-refractivity contribution in [1.82, 2.24) is 0 Å². The highest BCUT2D eigenvalue weighted by atomic mass is 35.5. The number of benzene rings is 3. The maximum Gasteiger partial charge on any atom is 0.126 e. The highest BCUT2D eigenvalue weighted by molar-refractivity contribution is 6.31. The van der Waals surface area contributed by atoms with E-state index in [9.17, 15) is 5.11 Å². The Kier molecular flexibility index (Phi) is 6.38. The number of aromatic hydroxyl groups is 1. The summed E-state index contributed by atoms with van der Waals surface area (Å²) in [7, 11) is 3.27. The van der Waals surface area contributed by atoms with E-state index in [0.29, 0.717) is 22.9 Å². The Morgan fingerprint density at radius 2 is 1.39 bits per heavy atom. The van der Waals surface area contributed by atoms with Crippen LogP contribution in [0.25, 0.3) is 0 Å². The molecule has 3 aromatic carbocycles. The molecule has 0 aliphatic carbocycles. The Morgan fingerprint density at radius 3 is 2.04 bits per heavy atom. The van der Waals surface area contributed by atoms with Crippen LogP contribution in [-0.2, 0) is 12.8 Å². The molecule has 3 rings (SSSR count). The van der Waals surface area contributed by atoms with Crippen LogP contribution in [0.4, 0.5) is 0 Å². The van der Waals surface area contributed by atoms with E-state index in [-0.39, 0.29) is 5.75 Å². The molecule has 0 saturated carbocycles. The molecule has 0 bridgehead atoms. The summed E-state index contributed by atoms with van der Waals surface area (Å²) in [6, 6.07) is 14.8. The Morgan fingerprint density at radius 1 is 0.750 bits per heavy atom. The highest BCUT2D eigenvalue weighted by Crippen LogP contribution is 2.35. The molecule has 0 aliphatic heterocycles. The summed E-state index contributed by atoms with van der Waals surface area (Å²) in [4.78, 5) is 0. The number of halogens is 2. The van der Waals surface area contributed by atoms with E-state index >= 15 is 0 Å². The van der Waals surface area contributed by atoms with Crippen molar-refractivity contribution in [2.45, 2.75) is 19.8 Å². The molecule has 3 nitrogen and oxygen atoms in total. The summed E-state index contributed by atoms with van der Waals surface area (Å²) >= 11 is 12.6. The first kappa shape index (κ1) is 20.4. The van der Waals surface area contributed by atoms with Crippen molar-refractivity contribution in [3.63, 3.8) is 0 Å². The smallest absolute Gasteiger partial charge is 0.126 e. The molecule has 0 saturated heterocycles. The summed E-state index contributed by atoms with van der Waals surface area (Å²) in [5.74, 6) is 1.75. The normalized spacial score (nSPS) is 10.8. The zero-order valence-electron chi connectivity index (χ0n) is 16.1. The van der Waals surface area contributed by atoms with E-state index in [2.05, 4.69) is 0 Å². The molecule has 0 fully saturated rings. The van der Waals surface area contributed by atoms with Crippen molar-refractivity contribution in [3.8, 4) is 17.2 Å². The third kappa shape index (κ3) is 4.54. The fourth-order valence-electron chi connectivity index (χ4n) is 3.39. The monoisotopic (exact) mass is 416 g/mol. The minimum atomic E-state index is 0.255. The number of phenols is 1. The molecule has 0 spiro atoms. The Bertz CT molecular complexity index is 999. The second kappa shape index (κ2) is 8.76. The molecule has 5 heteroatoms. The molecule has 0 unspecified atom stereocenters. The van der Waals surface area contributed by atoms with E-state index < -0.39 is 0 Å². The molecule has 0 aliphatic rings. The second-order valence-corrected chi connectivity index (χ2v) is 7.57. The van der Waals surface area contributed by atoms with Crippen molar-refractivity contribution in [2.24, 2.45) is 0 Å². The first-order valence-electron chi connectivity index (χ1n) is 8.87. The van der Waals surface area contributed by atoms with Gasteiger partial charge in [0.15, 0.2) is 0 Å². The molecule has 0 radical (unpaired) electrons. The number of hydrogen-bond acceptors (Lipinski definition) is 3. The Hall–Kier alpha value is -2.36. The maximum atomic E-state index is 10.2. The largest absolute Gasteiger partial charge is 0.508 e. The van der Waals surface area contributed by atoms with Gasteiger partial charge in [-0.2, -0.15) is 0 Å². The van der Waals surface area contributed by atoms with E-state index in [1.54, 1.807) is 26.4 Å². The molecular weight excluding hydrogens is 395 g/mol. The number of ether oxygens (including phenoxy) is 2. The topological polar surface area (TPSA) is 38.7 Å². The van der Waals surface area contributed by atoms with Gasteiger partial charge in [-0.1, -0.05) is 40.9 Å². The SMILES string of the molecule is COc1ccc(Cl)cc1Cc1cc(Cl)cc(Cc2cc(C)ccc2O)c1OC. The first-order chi connectivity index (χ1) is 13.4. The van der Waals surface area contributed by atoms with Gasteiger partial charge in [0, 0.05) is 39.6 Å². The van der Waals surface area contributed by atoms with Crippen LogP contribution in [0.3, 0.4) is 0 Å². The van der Waals surface area contributed by atoms with Gasteiger partial charge in [0.2, 0.25) is 0 Å². The molecule has 0 atom stereocenters. The third-order valence-corrected chi connectivity index (χ3v) is 5.10. The van der Waals surface area contributed by atoms with Gasteiger partial charge >= 0.3 is 0 Å². The van der Waals surface area contributed by atoms with E-state index in [1.165, 1.54) is 0 Å². The number of methoxy groups -OCH3 is 2. The van der Waals surface area contributed by atoms with Crippen LogP contribution in [-0.4, -0.2) is 19.3 Å². The molecule has 0 amide bonds. The van der Waals surface area contributed by atoms with Crippen molar-refractivity contribution >= 4 is 23.2 Å². The lowest BCUT2D eigenvalue weighted by molar-refractivity contribution is 0.402. The number of rotatable bonds is 6. The first-order valence-corrected chi connectivity index (χ1v) is 9.63. The van der Waals surface area contributed by atoms with Gasteiger partial charge in [0.1, 0.15) is 17.2 Å². The molecule has 28 heavy (non-hydrogen) atoms. The zero-order chi connectivity index (χ0) is 20.3. The van der Waals surface area contributed by atoms with Crippen LogP contribution in [0.2, 0.25) is 10.0 Å². The standard InChI is InChI=1S/C23H22Cl2O3/c1-14-4-6-21(26)15(8-14)9-17-12-20(25)13-18(23(17)28-3)10-16-11-19(24)5-7-22(16)27-2/h4-8,11-13,26H,9-10H2,1-3H3. The minimum absolute atomic E-state index is 0.255. The molecular formula is C23H22Cl2O3. The fourth-order valence-corrected chi connectivity index (χ4v) is 3.85. The van der Waals surface area contributed by atoms with E-state index in [0.717, 1.165) is 39.3 Å². The average molecular weight is 417 g/mol. The van der Waals surface area contributed by atoms with Gasteiger partial charge in [-0.15, -0.1) is 0 Å². The van der Waals surface area contributed by atoms with Gasteiger partial charge in [-0.25, -0.2) is 0 Å². The zero-order valence-corrected chi connectivity index (χ0v) is 17.6. The molecule has 0 heterocycles. The lowest BCUT2D eigenvalue weighted by Crippen LogP contribution is -2.01. The molecule has 3 aromatic rings. The van der Waals surface area contributed by atoms with Crippen molar-refractivity contribution in [3.05, 3.63) is 86.4 Å². The number of phenolic OH excluding ortho intramolecular Hbond substituents is 1. The van der Waals surface area contributed by atoms with Crippen LogP contribution in [0.1, 0.15) is 27.8 Å². The quantitative estimate of drug-likeness (QED) is 0.519. The Labute approximate surface area is 175 Å². The molecule has 0 aromatic heterocycles. The number of aryl methyl sites for hydroxylation is 1. The van der Waals surface area contributed by atoms with Gasteiger partial charge in [0.25, 0.3) is 0 Å². The predicted octanol–water partition coefficient (Wildman–Crippen LogP) is 6.21. The van der Waals surface area contributed by atoms with E-state index in [4.69, 9.17) is 32.7 Å². The molecule has 146 valence electrons. The van der Waals surface area contributed by atoms with E-state index in [1.807, 2.05) is 43.3 Å². The maximum absolute atomic E-state index is 10.2. The van der Waals surface area contributed by atoms with Gasteiger partial charge < -0.3 is 14.6 Å². The lowest BCUT2D eigenvalue weighted by Gasteiger charge is -2.17. The van der Waals surface area contributed by atoms with Gasteiger partial charge in [0.05, 0.1) is 14.2 Å². The van der Waals surface area contributed by atoms with Crippen LogP contribution in [0, 0.1) is 6.92 Å². The fraction of sp³-hybridized carbons (Fsp3) is 0.217. The lowest BCUT2D eigenvalue weighted by atomic mass is 9.96. The van der Waals surface area contributed by atoms with Crippen LogP contribution >= 0.6 is 23.2 Å². The third-order valence-electron chi connectivity index (χ3n) is 4.65. The average Bonchev–Trinajstić information content (AvgIpc) is 2.65. The van der Waals surface area contributed by atoms with Crippen molar-refractivity contribution < 1.29 is 14.6 Å². The van der Waals surface area contributed by atoms with Crippen LogP contribution in [0.5, 0.6) is 17.2 Å². The van der Waals surface area contributed by atoms with Gasteiger partial charge in [-0.05, 0) is 48.9 Å².